The lowest BCUT2D eigenvalue weighted by Crippen LogP contribution is -2.35. The van der Waals surface area contributed by atoms with Gasteiger partial charge >= 0.3 is 0 Å². The van der Waals surface area contributed by atoms with E-state index in [1.54, 1.807) is 24.3 Å². The molecule has 0 radical (unpaired) electrons. The summed E-state index contributed by atoms with van der Waals surface area (Å²) in [4.78, 5) is 12.8. The molecule has 33 heavy (non-hydrogen) atoms. The molecule has 1 aromatic heterocycles. The van der Waals surface area contributed by atoms with E-state index in [1.807, 2.05) is 24.3 Å². The van der Waals surface area contributed by atoms with Gasteiger partial charge in [0.2, 0.25) is 10.0 Å². The third-order valence-electron chi connectivity index (χ3n) is 5.59. The second-order valence-corrected chi connectivity index (χ2v) is 9.58. The third-order valence-corrected chi connectivity index (χ3v) is 7.45. The molecule has 166 valence electrons. The maximum Gasteiger partial charge on any atom is 0.255 e. The highest BCUT2D eigenvalue weighted by Gasteiger charge is 2.28. The number of hydrogen-bond donors (Lipinski definition) is 1. The maximum absolute atomic E-state index is 13.1. The van der Waals surface area contributed by atoms with E-state index in [1.165, 1.54) is 45.1 Å². The van der Waals surface area contributed by atoms with Crippen LogP contribution in [0.25, 0.3) is 5.69 Å². The predicted molar refractivity (Wildman–Crippen MR) is 121 cm³/mol. The van der Waals surface area contributed by atoms with Crippen LogP contribution in [0.15, 0.2) is 84.0 Å². The van der Waals surface area contributed by atoms with Crippen molar-refractivity contribution in [1.82, 2.24) is 24.5 Å². The highest BCUT2D eigenvalue weighted by atomic mass is 32.2. The summed E-state index contributed by atoms with van der Waals surface area (Å²) >= 11 is 0. The summed E-state index contributed by atoms with van der Waals surface area (Å²) in [5.41, 5.74) is 3.92. The van der Waals surface area contributed by atoms with Crippen molar-refractivity contribution >= 4 is 21.6 Å². The number of fused-ring (bicyclic) bond motifs is 1. The summed E-state index contributed by atoms with van der Waals surface area (Å²) in [6.07, 6.45) is 2.16. The van der Waals surface area contributed by atoms with Gasteiger partial charge in [-0.1, -0.05) is 24.3 Å². The number of aromatic nitrogens is 4. The monoisotopic (exact) mass is 460 g/mol. The zero-order chi connectivity index (χ0) is 22.8. The molecule has 0 saturated heterocycles. The second kappa shape index (κ2) is 8.57. The van der Waals surface area contributed by atoms with Crippen molar-refractivity contribution in [3.63, 3.8) is 0 Å². The Labute approximate surface area is 190 Å². The molecule has 1 amide bonds. The predicted octanol–water partition coefficient (Wildman–Crippen LogP) is 2.66. The maximum atomic E-state index is 13.1. The summed E-state index contributed by atoms with van der Waals surface area (Å²) < 4.78 is 29.2. The van der Waals surface area contributed by atoms with E-state index in [-0.39, 0.29) is 10.8 Å². The van der Waals surface area contributed by atoms with Crippen LogP contribution < -0.4 is 5.32 Å². The average Bonchev–Trinajstić information content (AvgIpc) is 3.39. The molecule has 0 fully saturated rings. The highest BCUT2D eigenvalue weighted by molar-refractivity contribution is 7.89. The van der Waals surface area contributed by atoms with Crippen molar-refractivity contribution in [1.29, 1.82) is 0 Å². The zero-order valence-electron chi connectivity index (χ0n) is 17.5. The molecule has 3 aromatic carbocycles. The molecule has 9 nitrogen and oxygen atoms in total. The van der Waals surface area contributed by atoms with E-state index in [4.69, 9.17) is 0 Å². The van der Waals surface area contributed by atoms with Crippen molar-refractivity contribution in [2.24, 2.45) is 0 Å². The van der Waals surface area contributed by atoms with Gasteiger partial charge in [0, 0.05) is 24.3 Å². The normalized spacial score (nSPS) is 13.9. The molecule has 1 aliphatic heterocycles. The van der Waals surface area contributed by atoms with E-state index in [0.29, 0.717) is 30.8 Å². The topological polar surface area (TPSA) is 110 Å². The van der Waals surface area contributed by atoms with Gasteiger partial charge in [0.25, 0.3) is 5.91 Å². The van der Waals surface area contributed by atoms with Gasteiger partial charge in [-0.25, -0.2) is 13.1 Å². The van der Waals surface area contributed by atoms with Crippen molar-refractivity contribution in [2.75, 3.05) is 11.9 Å². The largest absolute Gasteiger partial charge is 0.322 e. The van der Waals surface area contributed by atoms with Gasteiger partial charge < -0.3 is 5.32 Å². The Bertz CT molecular complexity index is 1390. The number of sulfonamides is 1. The molecule has 0 aliphatic carbocycles. The Balaban J connectivity index is 1.27. The Hall–Kier alpha value is -3.89. The molecule has 0 unspecified atom stereocenters. The van der Waals surface area contributed by atoms with Gasteiger partial charge in [-0.05, 0) is 76.5 Å². The number of carbonyl (C=O) groups excluding carboxylic acids is 1. The van der Waals surface area contributed by atoms with E-state index in [2.05, 4.69) is 20.8 Å². The lowest BCUT2D eigenvalue weighted by molar-refractivity contribution is 0.102. The first-order valence-electron chi connectivity index (χ1n) is 10.3. The van der Waals surface area contributed by atoms with E-state index in [0.717, 1.165) is 11.3 Å². The third kappa shape index (κ3) is 4.26. The summed E-state index contributed by atoms with van der Waals surface area (Å²) in [6.45, 7) is 0.781. The van der Waals surface area contributed by atoms with Gasteiger partial charge in [0.15, 0.2) is 0 Å². The van der Waals surface area contributed by atoms with Crippen LogP contribution in [0.1, 0.15) is 21.5 Å². The van der Waals surface area contributed by atoms with Crippen molar-refractivity contribution in [3.8, 4) is 5.69 Å². The average molecular weight is 461 g/mol. The number of hydrogen-bond acceptors (Lipinski definition) is 6. The summed E-state index contributed by atoms with van der Waals surface area (Å²) in [6, 6.07) is 20.9. The van der Waals surface area contributed by atoms with Crippen LogP contribution in [0.3, 0.4) is 0 Å². The number of anilines is 1. The number of amides is 1. The molecule has 0 spiro atoms. The molecule has 0 saturated carbocycles. The van der Waals surface area contributed by atoms with Gasteiger partial charge in [0.05, 0.1) is 10.6 Å². The van der Waals surface area contributed by atoms with Crippen LogP contribution >= 0.6 is 0 Å². The van der Waals surface area contributed by atoms with E-state index >= 15 is 0 Å². The van der Waals surface area contributed by atoms with Gasteiger partial charge in [0.1, 0.15) is 6.33 Å². The van der Waals surface area contributed by atoms with Crippen molar-refractivity contribution in [3.05, 3.63) is 95.8 Å². The number of nitrogens with one attached hydrogen (secondary N) is 1. The lowest BCUT2D eigenvalue weighted by atomic mass is 10.0. The summed E-state index contributed by atoms with van der Waals surface area (Å²) in [5, 5.41) is 13.8. The van der Waals surface area contributed by atoms with Crippen LogP contribution in [0.4, 0.5) is 5.69 Å². The first-order chi connectivity index (χ1) is 16.0. The molecular weight excluding hydrogens is 440 g/mol. The van der Waals surface area contributed by atoms with Crippen LogP contribution in [0.5, 0.6) is 0 Å². The Morgan fingerprint density at radius 1 is 0.909 bits per heavy atom. The number of benzene rings is 3. The van der Waals surface area contributed by atoms with Crippen LogP contribution in [0, 0.1) is 0 Å². The lowest BCUT2D eigenvalue weighted by Gasteiger charge is -2.28. The smallest absolute Gasteiger partial charge is 0.255 e. The quantitative estimate of drug-likeness (QED) is 0.490. The standard InChI is InChI=1S/C23H20N6O3S/c30-23(25-20-7-9-21(10-8-20)29-16-24-26-27-29)18-5-11-22(12-6-18)33(31,32)28-14-13-17-3-1-2-4-19(17)15-28/h1-12,16H,13-15H2,(H,25,30). The molecule has 1 aliphatic rings. The molecule has 0 bridgehead atoms. The number of carbonyl (C=O) groups is 1. The summed E-state index contributed by atoms with van der Waals surface area (Å²) in [5.74, 6) is -0.332. The minimum Gasteiger partial charge on any atom is -0.322 e. The van der Waals surface area contributed by atoms with E-state index in [9.17, 15) is 13.2 Å². The van der Waals surface area contributed by atoms with Gasteiger partial charge in [-0.15, -0.1) is 5.10 Å². The van der Waals surface area contributed by atoms with Gasteiger partial charge in [-0.2, -0.15) is 4.31 Å². The minimum absolute atomic E-state index is 0.171. The molecule has 5 rings (SSSR count). The molecule has 2 heterocycles. The van der Waals surface area contributed by atoms with Crippen molar-refractivity contribution in [2.45, 2.75) is 17.9 Å². The van der Waals surface area contributed by atoms with Crippen molar-refractivity contribution < 1.29 is 13.2 Å². The first-order valence-corrected chi connectivity index (χ1v) is 11.8. The Morgan fingerprint density at radius 3 is 2.33 bits per heavy atom. The second-order valence-electron chi connectivity index (χ2n) is 7.64. The molecule has 4 aromatic rings. The summed E-state index contributed by atoms with van der Waals surface area (Å²) in [7, 11) is -3.65. The van der Waals surface area contributed by atoms with Gasteiger partial charge in [-0.3, -0.25) is 4.79 Å². The first kappa shape index (κ1) is 21.0. The molecule has 10 heteroatoms. The highest BCUT2D eigenvalue weighted by Crippen LogP contribution is 2.25. The van der Waals surface area contributed by atoms with Crippen LogP contribution in [0.2, 0.25) is 0 Å². The molecular formula is C23H20N6O3S. The molecule has 0 atom stereocenters. The number of tetrazole rings is 1. The Morgan fingerprint density at radius 2 is 1.64 bits per heavy atom. The number of nitrogens with zero attached hydrogens (tertiary/aromatic N) is 5. The SMILES string of the molecule is O=C(Nc1ccc(-n2cnnn2)cc1)c1ccc(S(=O)(=O)N2CCc3ccccc3C2)cc1. The molecule has 1 N–H and O–H groups in total. The number of rotatable bonds is 5. The minimum atomic E-state index is -3.65. The Kier molecular flexibility index (Phi) is 5.45. The fraction of sp³-hybridized carbons (Fsp3) is 0.130. The fourth-order valence-corrected chi connectivity index (χ4v) is 5.20. The van der Waals surface area contributed by atoms with Crippen LogP contribution in [-0.2, 0) is 23.0 Å². The van der Waals surface area contributed by atoms with E-state index < -0.39 is 10.0 Å². The van der Waals surface area contributed by atoms with Crippen LogP contribution in [-0.4, -0.2) is 45.4 Å². The fourth-order valence-electron chi connectivity index (χ4n) is 3.78. The zero-order valence-corrected chi connectivity index (χ0v) is 18.3.